The third kappa shape index (κ3) is 8.85. The molecule has 1 amide bonds. The van der Waals surface area contributed by atoms with Crippen LogP contribution in [0, 0.1) is 17.8 Å². The molecule has 0 unspecified atom stereocenters. The lowest BCUT2D eigenvalue weighted by Gasteiger charge is -2.37. The zero-order valence-corrected chi connectivity index (χ0v) is 20.8. The molecule has 0 radical (unpaired) electrons. The number of rotatable bonds is 10. The van der Waals surface area contributed by atoms with Gasteiger partial charge in [-0.1, -0.05) is 50.7 Å². The summed E-state index contributed by atoms with van der Waals surface area (Å²) >= 11 is 13.3. The topological polar surface area (TPSA) is 48.0 Å². The van der Waals surface area contributed by atoms with Gasteiger partial charge in [0.2, 0.25) is 8.77 Å². The normalized spacial score (nSPS) is 16.6. The van der Waals surface area contributed by atoms with Crippen LogP contribution < -0.4 is 0 Å². The van der Waals surface area contributed by atoms with Crippen molar-refractivity contribution in [2.45, 2.75) is 52.7 Å². The molecule has 0 spiro atoms. The van der Waals surface area contributed by atoms with Crippen LogP contribution in [0.2, 0.25) is 0 Å². The molecular weight excluding hydrogens is 422 g/mol. The summed E-state index contributed by atoms with van der Waals surface area (Å²) in [7, 11) is 3.05. The van der Waals surface area contributed by atoms with Gasteiger partial charge >= 0.3 is 0 Å². The predicted molar refractivity (Wildman–Crippen MR) is 124 cm³/mol. The molecule has 27 heavy (non-hydrogen) atoms. The Kier molecular flexibility index (Phi) is 13.9. The van der Waals surface area contributed by atoms with E-state index in [2.05, 4.69) is 13.8 Å². The molecule has 0 heterocycles. The number of carbonyl (C=O) groups excluding carboxylic acids is 1. The van der Waals surface area contributed by atoms with Crippen molar-refractivity contribution < 1.29 is 19.1 Å². The molecular formula is C18H33NO4S4. The van der Waals surface area contributed by atoms with Crippen LogP contribution in [0.5, 0.6) is 0 Å². The van der Waals surface area contributed by atoms with Crippen molar-refractivity contribution >= 4 is 62.6 Å². The van der Waals surface area contributed by atoms with Gasteiger partial charge in [0.15, 0.2) is 0 Å². The molecule has 158 valence electrons. The number of thiocarbonyl (C=S) groups is 2. The largest absolute Gasteiger partial charge is 0.475 e. The monoisotopic (exact) mass is 455 g/mol. The van der Waals surface area contributed by atoms with Gasteiger partial charge in [0, 0.05) is 13.0 Å². The van der Waals surface area contributed by atoms with Crippen LogP contribution in [0.1, 0.15) is 40.5 Å². The Morgan fingerprint density at radius 2 is 1.52 bits per heavy atom. The summed E-state index contributed by atoms with van der Waals surface area (Å²) in [6, 6.07) is 0. The highest BCUT2D eigenvalue weighted by molar-refractivity contribution is 8.22. The van der Waals surface area contributed by atoms with Crippen LogP contribution in [0.3, 0.4) is 0 Å². The molecule has 0 aliphatic rings. The van der Waals surface area contributed by atoms with Crippen molar-refractivity contribution in [1.82, 2.24) is 5.06 Å². The number of ether oxygens (including phenoxy) is 2. The maximum absolute atomic E-state index is 12.7. The smallest absolute Gasteiger partial charge is 0.252 e. The van der Waals surface area contributed by atoms with Gasteiger partial charge in [-0.15, -0.1) is 0 Å². The van der Waals surface area contributed by atoms with Gasteiger partial charge in [-0.2, -0.15) is 0 Å². The number of hydrogen-bond donors (Lipinski definition) is 0. The van der Waals surface area contributed by atoms with Crippen LogP contribution in [-0.4, -0.2) is 58.6 Å². The summed E-state index contributed by atoms with van der Waals surface area (Å²) in [5, 5.41) is 1.22. The summed E-state index contributed by atoms with van der Waals surface area (Å²) in [5.74, 6) is -0.483. The summed E-state index contributed by atoms with van der Waals surface area (Å²) in [6.45, 7) is 8.15. The molecule has 0 saturated heterocycles. The first kappa shape index (κ1) is 26.9. The highest BCUT2D eigenvalue weighted by atomic mass is 32.2. The number of hydrogen-bond acceptors (Lipinski definition) is 8. The quantitative estimate of drug-likeness (QED) is 0.344. The van der Waals surface area contributed by atoms with Crippen LogP contribution in [0.4, 0.5) is 0 Å². The minimum Gasteiger partial charge on any atom is -0.475 e. The first-order valence-electron chi connectivity index (χ1n) is 8.95. The number of thioether (sulfide) groups is 2. The highest BCUT2D eigenvalue weighted by Crippen LogP contribution is 2.31. The van der Waals surface area contributed by atoms with Crippen molar-refractivity contribution in [3.05, 3.63) is 0 Å². The third-order valence-corrected chi connectivity index (χ3v) is 6.66. The molecule has 0 fully saturated rings. The minimum absolute atomic E-state index is 0.106. The number of nitrogens with zero attached hydrogens (tertiary/aromatic N) is 1. The van der Waals surface area contributed by atoms with Crippen molar-refractivity contribution in [3.63, 3.8) is 0 Å². The predicted octanol–water partition coefficient (Wildman–Crippen LogP) is 4.78. The van der Waals surface area contributed by atoms with Crippen LogP contribution in [0.15, 0.2) is 0 Å². The Morgan fingerprint density at radius 1 is 1.04 bits per heavy atom. The van der Waals surface area contributed by atoms with Gasteiger partial charge in [-0.3, -0.25) is 9.63 Å². The lowest BCUT2D eigenvalue weighted by Crippen LogP contribution is -2.46. The van der Waals surface area contributed by atoms with Crippen molar-refractivity contribution in [1.29, 1.82) is 0 Å². The Bertz CT molecular complexity index is 492. The zero-order valence-electron chi connectivity index (χ0n) is 17.5. The lowest BCUT2D eigenvalue weighted by molar-refractivity contribution is -0.177. The van der Waals surface area contributed by atoms with Gasteiger partial charge in [0.05, 0.1) is 13.0 Å². The Hall–Kier alpha value is -0.0900. The third-order valence-electron chi connectivity index (χ3n) is 4.61. The van der Waals surface area contributed by atoms with E-state index in [-0.39, 0.29) is 23.8 Å². The van der Waals surface area contributed by atoms with Crippen LogP contribution >= 0.6 is 48.0 Å². The summed E-state index contributed by atoms with van der Waals surface area (Å²) in [6.07, 6.45) is 5.15. The molecule has 0 saturated carbocycles. The molecule has 9 heteroatoms. The van der Waals surface area contributed by atoms with Gasteiger partial charge in [0.1, 0.15) is 12.2 Å². The number of hydroxylamine groups is 2. The molecule has 0 aromatic heterocycles. The molecule has 0 aliphatic heterocycles. The van der Waals surface area contributed by atoms with E-state index in [1.165, 1.54) is 35.7 Å². The average Bonchev–Trinajstić information content (AvgIpc) is 2.67. The second-order valence-corrected chi connectivity index (χ2v) is 9.32. The molecule has 0 aliphatic carbocycles. The van der Waals surface area contributed by atoms with Gasteiger partial charge in [-0.05, 0) is 56.2 Å². The maximum atomic E-state index is 12.7. The molecule has 0 N–H and O–H groups in total. The van der Waals surface area contributed by atoms with E-state index < -0.39 is 12.0 Å². The van der Waals surface area contributed by atoms with Crippen molar-refractivity contribution in [3.8, 4) is 0 Å². The Morgan fingerprint density at radius 3 is 1.93 bits per heavy atom. The fourth-order valence-electron chi connectivity index (χ4n) is 3.05. The molecule has 0 bridgehead atoms. The first-order valence-corrected chi connectivity index (χ1v) is 12.2. The van der Waals surface area contributed by atoms with Crippen molar-refractivity contribution in [2.75, 3.05) is 26.7 Å². The van der Waals surface area contributed by atoms with E-state index >= 15 is 0 Å². The van der Waals surface area contributed by atoms with E-state index in [0.717, 1.165) is 12.8 Å². The second kappa shape index (κ2) is 14.0. The summed E-state index contributed by atoms with van der Waals surface area (Å²) in [4.78, 5) is 17.7. The standard InChI is InChI=1S/C18H33NO4S4/c1-9-10-11(2)14(22-17(24)26-7)12(3)15(23-18(25)27-8)13(4)16(20)19(5)21-6/h11-15H,9-10H2,1-8H3/t11-,12-,13-,14+,15+/m0/s1. The van der Waals surface area contributed by atoms with E-state index in [1.807, 2.05) is 26.4 Å². The van der Waals surface area contributed by atoms with Crippen LogP contribution in [0.25, 0.3) is 0 Å². The molecule has 0 aromatic rings. The summed E-state index contributed by atoms with van der Waals surface area (Å²) in [5.41, 5.74) is 0. The second-order valence-electron chi connectivity index (χ2n) is 6.51. The van der Waals surface area contributed by atoms with E-state index in [1.54, 1.807) is 7.05 Å². The average molecular weight is 456 g/mol. The molecule has 0 aromatic carbocycles. The Balaban J connectivity index is 5.74. The SMILES string of the molecule is CCC[C@H](C)[C@@H](OC(=S)SC)[C@H](C)[C@@H](OC(=S)SC)[C@H](C)C(=O)N(C)OC. The number of carbonyl (C=O) groups is 1. The van der Waals surface area contributed by atoms with E-state index in [4.69, 9.17) is 38.7 Å². The maximum Gasteiger partial charge on any atom is 0.252 e. The highest BCUT2D eigenvalue weighted by Gasteiger charge is 2.40. The van der Waals surface area contributed by atoms with Crippen LogP contribution in [-0.2, 0) is 19.1 Å². The molecule has 5 nitrogen and oxygen atoms in total. The van der Waals surface area contributed by atoms with Gasteiger partial charge in [0.25, 0.3) is 5.91 Å². The lowest BCUT2D eigenvalue weighted by atomic mass is 9.82. The Labute approximate surface area is 183 Å². The molecule has 0 rings (SSSR count). The van der Waals surface area contributed by atoms with E-state index in [9.17, 15) is 4.79 Å². The first-order chi connectivity index (χ1) is 12.6. The summed E-state index contributed by atoms with van der Waals surface area (Å²) < 4.78 is 13.0. The fourth-order valence-corrected chi connectivity index (χ4v) is 3.69. The minimum atomic E-state index is -0.460. The number of amides is 1. The van der Waals surface area contributed by atoms with Gasteiger partial charge in [-0.25, -0.2) is 5.06 Å². The fraction of sp³-hybridized carbons (Fsp3) is 0.833. The van der Waals surface area contributed by atoms with E-state index in [0.29, 0.717) is 8.77 Å². The van der Waals surface area contributed by atoms with Gasteiger partial charge < -0.3 is 9.47 Å². The zero-order chi connectivity index (χ0) is 21.1. The van der Waals surface area contributed by atoms with Crippen molar-refractivity contribution in [2.24, 2.45) is 17.8 Å². The molecule has 5 atom stereocenters.